The molecule has 2 rings (SSSR count). The number of hydrogen-bond donors (Lipinski definition) is 1. The van der Waals surface area contributed by atoms with Gasteiger partial charge in [0.25, 0.3) is 0 Å². The Morgan fingerprint density at radius 3 is 2.46 bits per heavy atom. The van der Waals surface area contributed by atoms with E-state index in [2.05, 4.69) is 15.3 Å². The zero-order valence-electron chi connectivity index (χ0n) is 13.1. The molecule has 0 unspecified atom stereocenters. The molecule has 0 radical (unpaired) electrons. The van der Waals surface area contributed by atoms with Crippen LogP contribution in [0.1, 0.15) is 17.3 Å². The fourth-order valence-electron chi connectivity index (χ4n) is 1.81. The van der Waals surface area contributed by atoms with E-state index < -0.39 is 6.09 Å². The van der Waals surface area contributed by atoms with Crippen molar-refractivity contribution in [1.29, 1.82) is 0 Å². The highest BCUT2D eigenvalue weighted by Crippen LogP contribution is 2.15. The minimum absolute atomic E-state index is 0.0430. The number of Topliss-reactive ketones (excluding diaryl/α,β-unsaturated/α-hetero) is 1. The summed E-state index contributed by atoms with van der Waals surface area (Å²) in [6, 6.07) is 13.1. The van der Waals surface area contributed by atoms with Crippen LogP contribution in [0.4, 0.5) is 10.5 Å². The van der Waals surface area contributed by atoms with E-state index in [1.165, 1.54) is 14.0 Å². The van der Waals surface area contributed by atoms with Crippen LogP contribution in [0, 0.1) is 0 Å². The third-order valence-electron chi connectivity index (χ3n) is 3.02. The Balaban J connectivity index is 1.96. The van der Waals surface area contributed by atoms with Gasteiger partial charge in [0.05, 0.1) is 7.11 Å². The fourth-order valence-corrected chi connectivity index (χ4v) is 2.00. The maximum absolute atomic E-state index is 12.2. The van der Waals surface area contributed by atoms with E-state index >= 15 is 0 Å². The predicted molar refractivity (Wildman–Crippen MR) is 92.0 cm³/mol. The van der Waals surface area contributed by atoms with Crippen LogP contribution in [-0.4, -0.2) is 24.7 Å². The first-order chi connectivity index (χ1) is 11.5. The number of ether oxygens (including phenoxy) is 1. The van der Waals surface area contributed by atoms with Gasteiger partial charge in [0.1, 0.15) is 11.5 Å². The summed E-state index contributed by atoms with van der Waals surface area (Å²) in [5.41, 5.74) is 0.916. The SMILES string of the molecule is COc1ccc(C(=O)C(C)=NOC(=O)Nc2cccc(Cl)c2)cc1. The van der Waals surface area contributed by atoms with Gasteiger partial charge in [-0.1, -0.05) is 22.8 Å². The Morgan fingerprint density at radius 2 is 1.83 bits per heavy atom. The van der Waals surface area contributed by atoms with Gasteiger partial charge in [0, 0.05) is 16.3 Å². The Hall–Kier alpha value is -2.86. The van der Waals surface area contributed by atoms with Gasteiger partial charge in [-0.2, -0.15) is 0 Å². The van der Waals surface area contributed by atoms with Crippen molar-refractivity contribution in [2.24, 2.45) is 5.16 Å². The van der Waals surface area contributed by atoms with Crippen LogP contribution in [-0.2, 0) is 4.84 Å². The van der Waals surface area contributed by atoms with Crippen molar-refractivity contribution in [3.63, 3.8) is 0 Å². The van der Waals surface area contributed by atoms with Crippen LogP contribution in [0.15, 0.2) is 53.7 Å². The van der Waals surface area contributed by atoms with Crippen LogP contribution >= 0.6 is 11.6 Å². The highest BCUT2D eigenvalue weighted by atomic mass is 35.5. The first-order valence-electron chi connectivity index (χ1n) is 6.96. The Labute approximate surface area is 144 Å². The molecule has 0 aliphatic carbocycles. The van der Waals surface area contributed by atoms with E-state index in [4.69, 9.17) is 16.3 Å². The molecule has 1 amide bonds. The largest absolute Gasteiger partial charge is 0.497 e. The summed E-state index contributed by atoms with van der Waals surface area (Å²) in [7, 11) is 1.54. The van der Waals surface area contributed by atoms with Crippen molar-refractivity contribution in [2.45, 2.75) is 6.92 Å². The van der Waals surface area contributed by atoms with Crippen molar-refractivity contribution < 1.29 is 19.2 Å². The normalized spacial score (nSPS) is 10.9. The molecule has 6 nitrogen and oxygen atoms in total. The minimum Gasteiger partial charge on any atom is -0.497 e. The molecule has 0 fully saturated rings. The number of halogens is 1. The molecular weight excluding hydrogens is 332 g/mol. The van der Waals surface area contributed by atoms with E-state index in [0.29, 0.717) is 22.0 Å². The van der Waals surface area contributed by atoms with Crippen molar-refractivity contribution in [3.8, 4) is 5.75 Å². The molecule has 0 saturated heterocycles. The third kappa shape index (κ3) is 4.82. The molecule has 24 heavy (non-hydrogen) atoms. The number of rotatable bonds is 5. The highest BCUT2D eigenvalue weighted by Gasteiger charge is 2.12. The van der Waals surface area contributed by atoms with Gasteiger partial charge in [-0.3, -0.25) is 14.9 Å². The average molecular weight is 347 g/mol. The van der Waals surface area contributed by atoms with Crippen LogP contribution in [0.2, 0.25) is 5.02 Å². The molecule has 0 aromatic heterocycles. The van der Waals surface area contributed by atoms with E-state index in [-0.39, 0.29) is 11.5 Å². The lowest BCUT2D eigenvalue weighted by Gasteiger charge is -2.04. The molecule has 2 aromatic rings. The van der Waals surface area contributed by atoms with Crippen molar-refractivity contribution in [3.05, 3.63) is 59.1 Å². The summed E-state index contributed by atoms with van der Waals surface area (Å²) in [6.07, 6.45) is -0.820. The highest BCUT2D eigenvalue weighted by molar-refractivity contribution is 6.45. The lowest BCUT2D eigenvalue weighted by atomic mass is 10.1. The molecule has 0 atom stereocenters. The van der Waals surface area contributed by atoms with Gasteiger partial charge < -0.3 is 4.74 Å². The number of carbonyl (C=O) groups excluding carboxylic acids is 2. The molecule has 7 heteroatoms. The molecule has 0 heterocycles. The number of ketones is 1. The monoisotopic (exact) mass is 346 g/mol. The predicted octanol–water partition coefficient (Wildman–Crippen LogP) is 4.16. The second-order valence-electron chi connectivity index (χ2n) is 4.75. The van der Waals surface area contributed by atoms with Gasteiger partial charge in [-0.15, -0.1) is 0 Å². The topological polar surface area (TPSA) is 77.0 Å². The minimum atomic E-state index is -0.820. The second kappa shape index (κ2) is 8.12. The Bertz CT molecular complexity index is 772. The zero-order chi connectivity index (χ0) is 17.5. The first kappa shape index (κ1) is 17.5. The lowest BCUT2D eigenvalue weighted by Crippen LogP contribution is -2.15. The maximum Gasteiger partial charge on any atom is 0.437 e. The summed E-state index contributed by atoms with van der Waals surface area (Å²) >= 11 is 5.81. The third-order valence-corrected chi connectivity index (χ3v) is 3.25. The number of methoxy groups -OCH3 is 1. The second-order valence-corrected chi connectivity index (χ2v) is 5.18. The summed E-state index contributed by atoms with van der Waals surface area (Å²) in [5, 5.41) is 6.48. The molecule has 0 aliphatic rings. The lowest BCUT2D eigenvalue weighted by molar-refractivity contribution is 0.105. The summed E-state index contributed by atoms with van der Waals surface area (Å²) < 4.78 is 5.02. The molecule has 1 N–H and O–H groups in total. The van der Waals surface area contributed by atoms with E-state index in [1.807, 2.05) is 0 Å². The number of oxime groups is 1. The molecule has 0 saturated carbocycles. The number of carbonyl (C=O) groups is 2. The molecule has 0 spiro atoms. The molecule has 124 valence electrons. The van der Waals surface area contributed by atoms with E-state index in [0.717, 1.165) is 0 Å². The molecule has 0 bridgehead atoms. The molecule has 2 aromatic carbocycles. The Morgan fingerprint density at radius 1 is 1.12 bits per heavy atom. The van der Waals surface area contributed by atoms with Crippen molar-refractivity contribution >= 4 is 34.9 Å². The smallest absolute Gasteiger partial charge is 0.437 e. The summed E-state index contributed by atoms with van der Waals surface area (Å²) in [4.78, 5) is 28.5. The average Bonchev–Trinajstić information content (AvgIpc) is 2.59. The van der Waals surface area contributed by atoms with Gasteiger partial charge in [0.15, 0.2) is 0 Å². The van der Waals surface area contributed by atoms with E-state index in [1.54, 1.807) is 48.5 Å². The number of nitrogens with zero attached hydrogens (tertiary/aromatic N) is 1. The Kier molecular flexibility index (Phi) is 5.92. The zero-order valence-corrected chi connectivity index (χ0v) is 13.8. The van der Waals surface area contributed by atoms with Crippen LogP contribution in [0.3, 0.4) is 0 Å². The number of hydrogen-bond acceptors (Lipinski definition) is 5. The molecular formula is C17H15ClN2O4. The number of benzene rings is 2. The van der Waals surface area contributed by atoms with Crippen LogP contribution in [0.5, 0.6) is 5.75 Å². The van der Waals surface area contributed by atoms with Crippen LogP contribution in [0.25, 0.3) is 0 Å². The number of amides is 1. The van der Waals surface area contributed by atoms with Gasteiger partial charge in [-0.25, -0.2) is 4.79 Å². The maximum atomic E-state index is 12.2. The number of anilines is 1. The van der Waals surface area contributed by atoms with Crippen molar-refractivity contribution in [1.82, 2.24) is 0 Å². The van der Waals surface area contributed by atoms with E-state index in [9.17, 15) is 9.59 Å². The van der Waals surface area contributed by atoms with Crippen LogP contribution < -0.4 is 10.1 Å². The summed E-state index contributed by atoms with van der Waals surface area (Å²) in [5.74, 6) is 0.284. The quantitative estimate of drug-likeness (QED) is 0.382. The van der Waals surface area contributed by atoms with Gasteiger partial charge in [-0.05, 0) is 49.4 Å². The van der Waals surface area contributed by atoms with Gasteiger partial charge in [0.2, 0.25) is 5.78 Å². The fraction of sp³-hybridized carbons (Fsp3) is 0.118. The standard InChI is InChI=1S/C17H15ClN2O4/c1-11(16(21)12-6-8-15(23-2)9-7-12)20-24-17(22)19-14-5-3-4-13(18)10-14/h3-10H,1-2H3,(H,19,22). The molecule has 0 aliphatic heterocycles. The number of nitrogens with one attached hydrogen (secondary N) is 1. The van der Waals surface area contributed by atoms with Crippen molar-refractivity contribution in [2.75, 3.05) is 12.4 Å². The van der Waals surface area contributed by atoms with Gasteiger partial charge >= 0.3 is 6.09 Å². The first-order valence-corrected chi connectivity index (χ1v) is 7.34. The summed E-state index contributed by atoms with van der Waals surface area (Å²) in [6.45, 7) is 1.46.